The Labute approximate surface area is 249 Å². The predicted octanol–water partition coefficient (Wildman–Crippen LogP) is 5.01. The average Bonchev–Trinajstić information content (AvgIpc) is 3.28. The van der Waals surface area contributed by atoms with Crippen molar-refractivity contribution in [1.82, 2.24) is 14.7 Å². The number of carbonyl (C=O) groups is 2. The fourth-order valence-electron chi connectivity index (χ4n) is 5.78. The lowest BCUT2D eigenvalue weighted by Crippen LogP contribution is -2.62. The minimum absolute atomic E-state index is 0.0243. The third-order valence-electron chi connectivity index (χ3n) is 8.17. The van der Waals surface area contributed by atoms with Crippen molar-refractivity contribution in [3.05, 3.63) is 63.6 Å². The molecule has 0 aliphatic carbocycles. The van der Waals surface area contributed by atoms with Gasteiger partial charge in [0.15, 0.2) is 0 Å². The first kappa shape index (κ1) is 30.8. The summed E-state index contributed by atoms with van der Waals surface area (Å²) < 4.78 is 69.0. The van der Waals surface area contributed by atoms with E-state index in [1.165, 1.54) is 18.2 Å². The molecule has 3 heterocycles. The van der Waals surface area contributed by atoms with Gasteiger partial charge >= 0.3 is 6.18 Å². The van der Waals surface area contributed by atoms with Gasteiger partial charge in [-0.3, -0.25) is 14.5 Å². The number of benzene rings is 2. The lowest BCUT2D eigenvalue weighted by molar-refractivity contribution is -0.262. The third kappa shape index (κ3) is 6.04. The zero-order chi connectivity index (χ0) is 30.4. The number of nitrogens with zero attached hydrogens (tertiary/aromatic N) is 3. The number of carbonyl (C=O) groups excluding carboxylic acids is 2. The summed E-state index contributed by atoms with van der Waals surface area (Å²) in [5, 5.41) is 14.1. The predicted molar refractivity (Wildman–Crippen MR) is 147 cm³/mol. The second kappa shape index (κ2) is 11.4. The first-order valence-corrected chi connectivity index (χ1v) is 14.3. The van der Waals surface area contributed by atoms with Crippen LogP contribution in [0.4, 0.5) is 27.6 Å². The Hall–Kier alpha value is -2.67. The number of alkyl halides is 5. The summed E-state index contributed by atoms with van der Waals surface area (Å²) in [7, 11) is 0. The Bertz CT molecular complexity index is 1350. The number of amides is 2. The second-order valence-electron chi connectivity index (χ2n) is 11.1. The van der Waals surface area contributed by atoms with Crippen LogP contribution in [0.5, 0.6) is 0 Å². The number of hydrogen-bond donors (Lipinski definition) is 2. The van der Waals surface area contributed by atoms with Crippen molar-refractivity contribution in [2.45, 2.75) is 49.0 Å². The maximum atomic E-state index is 14.0. The van der Waals surface area contributed by atoms with Gasteiger partial charge in [-0.15, -0.1) is 0 Å². The van der Waals surface area contributed by atoms with Crippen LogP contribution >= 0.6 is 23.2 Å². The normalized spacial score (nSPS) is 21.6. The van der Waals surface area contributed by atoms with Crippen molar-refractivity contribution in [3.8, 4) is 0 Å². The van der Waals surface area contributed by atoms with Crippen molar-refractivity contribution < 1.29 is 36.6 Å². The molecule has 2 aromatic rings. The molecule has 0 radical (unpaired) electrons. The van der Waals surface area contributed by atoms with E-state index in [4.69, 9.17) is 23.2 Å². The Morgan fingerprint density at radius 1 is 0.976 bits per heavy atom. The smallest absolute Gasteiger partial charge is 0.380 e. The number of likely N-dealkylation sites (tertiary alicyclic amines) is 3. The molecule has 0 spiro atoms. The molecule has 5 rings (SSSR count). The first-order chi connectivity index (χ1) is 19.7. The number of anilines is 1. The molecular formula is C28H29Cl2F5N4O3. The number of piperidine rings is 1. The molecule has 0 bridgehead atoms. The van der Waals surface area contributed by atoms with Crippen LogP contribution in [0.2, 0.25) is 10.0 Å². The van der Waals surface area contributed by atoms with E-state index >= 15 is 0 Å². The number of rotatable bonds is 6. The van der Waals surface area contributed by atoms with E-state index in [1.54, 1.807) is 12.1 Å². The van der Waals surface area contributed by atoms with E-state index in [1.807, 2.05) is 0 Å². The van der Waals surface area contributed by atoms with Gasteiger partial charge in [-0.2, -0.15) is 13.2 Å². The van der Waals surface area contributed by atoms with E-state index < -0.39 is 41.6 Å². The molecule has 3 fully saturated rings. The van der Waals surface area contributed by atoms with E-state index in [2.05, 4.69) is 10.2 Å². The Morgan fingerprint density at radius 3 is 2.24 bits per heavy atom. The molecule has 3 saturated heterocycles. The van der Waals surface area contributed by atoms with Gasteiger partial charge in [0.05, 0.1) is 23.2 Å². The van der Waals surface area contributed by atoms with Crippen LogP contribution in [-0.4, -0.2) is 95.1 Å². The van der Waals surface area contributed by atoms with Gasteiger partial charge < -0.3 is 20.2 Å². The maximum Gasteiger partial charge on any atom is 0.430 e. The Morgan fingerprint density at radius 2 is 1.67 bits per heavy atom. The van der Waals surface area contributed by atoms with Gasteiger partial charge in [0.1, 0.15) is 0 Å². The first-order valence-electron chi connectivity index (χ1n) is 13.5. The van der Waals surface area contributed by atoms with Crippen LogP contribution in [-0.2, 0) is 10.4 Å². The standard InChI is InChI=1S/C28H29Cl2F5N4O3/c29-18-3-1-2-17(12-18)27(42,28(33,34)35)25(41)37-9-6-21(7-10-37)39-14-20(15-39)36-19-4-5-22(23(30)13-19)24(40)38-11-8-26(31,32)16-38/h1-5,12-13,20-21,36,42H,6-11,14-16H2. The van der Waals surface area contributed by atoms with E-state index in [-0.39, 0.29) is 53.7 Å². The summed E-state index contributed by atoms with van der Waals surface area (Å²) >= 11 is 12.1. The van der Waals surface area contributed by atoms with Crippen molar-refractivity contribution in [3.63, 3.8) is 0 Å². The minimum Gasteiger partial charge on any atom is -0.380 e. The molecule has 42 heavy (non-hydrogen) atoms. The third-order valence-corrected chi connectivity index (χ3v) is 8.72. The summed E-state index contributed by atoms with van der Waals surface area (Å²) in [6.45, 7) is 0.760. The van der Waals surface area contributed by atoms with E-state index in [0.717, 1.165) is 21.9 Å². The molecule has 1 unspecified atom stereocenters. The molecule has 7 nitrogen and oxygen atoms in total. The van der Waals surface area contributed by atoms with Crippen LogP contribution in [0.15, 0.2) is 42.5 Å². The van der Waals surface area contributed by atoms with Crippen LogP contribution in [0, 0.1) is 0 Å². The van der Waals surface area contributed by atoms with Gasteiger partial charge in [0, 0.05) is 61.5 Å². The van der Waals surface area contributed by atoms with Crippen LogP contribution in [0.25, 0.3) is 0 Å². The summed E-state index contributed by atoms with van der Waals surface area (Å²) in [5.41, 5.74) is -3.50. The number of halogens is 7. The molecule has 2 aromatic carbocycles. The highest BCUT2D eigenvalue weighted by molar-refractivity contribution is 6.34. The lowest BCUT2D eigenvalue weighted by atomic mass is 9.89. The monoisotopic (exact) mass is 634 g/mol. The van der Waals surface area contributed by atoms with Gasteiger partial charge in [-0.05, 0) is 43.2 Å². The maximum absolute atomic E-state index is 14.0. The molecule has 3 aliphatic heterocycles. The van der Waals surface area contributed by atoms with Gasteiger partial charge in [-0.25, -0.2) is 8.78 Å². The number of nitrogens with one attached hydrogen (secondary N) is 1. The zero-order valence-corrected chi connectivity index (χ0v) is 23.8. The van der Waals surface area contributed by atoms with Crippen molar-refractivity contribution >= 4 is 40.7 Å². The highest BCUT2D eigenvalue weighted by Crippen LogP contribution is 2.42. The summed E-state index contributed by atoms with van der Waals surface area (Å²) in [6.07, 6.45) is -4.72. The number of aliphatic hydroxyl groups is 1. The fraction of sp³-hybridized carbons (Fsp3) is 0.500. The quantitative estimate of drug-likeness (QED) is 0.437. The topological polar surface area (TPSA) is 76.1 Å². The number of hydrogen-bond acceptors (Lipinski definition) is 5. The average molecular weight is 635 g/mol. The van der Waals surface area contributed by atoms with Gasteiger partial charge in [0.2, 0.25) is 0 Å². The molecular weight excluding hydrogens is 606 g/mol. The molecule has 14 heteroatoms. The highest BCUT2D eigenvalue weighted by Gasteiger charge is 2.62. The summed E-state index contributed by atoms with van der Waals surface area (Å²) in [6, 6.07) is 9.46. The SMILES string of the molecule is O=C(c1ccc(NC2CN(C3CCN(C(=O)C(O)(c4cccc(Cl)c4)C(F)(F)F)CC3)C2)cc1Cl)N1CCC(F)(F)C1. The van der Waals surface area contributed by atoms with Gasteiger partial charge in [-0.1, -0.05) is 35.3 Å². The van der Waals surface area contributed by atoms with Crippen molar-refractivity contribution in [1.29, 1.82) is 0 Å². The minimum atomic E-state index is -5.24. The Kier molecular flexibility index (Phi) is 8.38. The van der Waals surface area contributed by atoms with E-state index in [9.17, 15) is 36.6 Å². The fourth-order valence-corrected chi connectivity index (χ4v) is 6.23. The highest BCUT2D eigenvalue weighted by atomic mass is 35.5. The Balaban J connectivity index is 1.13. The molecule has 228 valence electrons. The molecule has 2 N–H and O–H groups in total. The largest absolute Gasteiger partial charge is 0.430 e. The van der Waals surface area contributed by atoms with Crippen LogP contribution in [0.3, 0.4) is 0 Å². The van der Waals surface area contributed by atoms with E-state index in [0.29, 0.717) is 31.6 Å². The lowest BCUT2D eigenvalue weighted by Gasteiger charge is -2.48. The van der Waals surface area contributed by atoms with Gasteiger partial charge in [0.25, 0.3) is 23.3 Å². The molecule has 1 atom stereocenters. The molecule has 2 amide bonds. The summed E-state index contributed by atoms with van der Waals surface area (Å²) in [5.74, 6) is -4.85. The second-order valence-corrected chi connectivity index (χ2v) is 11.9. The zero-order valence-electron chi connectivity index (χ0n) is 22.3. The molecule has 3 aliphatic rings. The summed E-state index contributed by atoms with van der Waals surface area (Å²) in [4.78, 5) is 29.9. The van der Waals surface area contributed by atoms with Crippen LogP contribution < -0.4 is 5.32 Å². The molecule has 0 saturated carbocycles. The molecule has 0 aromatic heterocycles. The van der Waals surface area contributed by atoms with Crippen LogP contribution in [0.1, 0.15) is 35.2 Å². The van der Waals surface area contributed by atoms with Crippen molar-refractivity contribution in [2.24, 2.45) is 0 Å². The van der Waals surface area contributed by atoms with Crippen molar-refractivity contribution in [2.75, 3.05) is 44.6 Å².